The van der Waals surface area contributed by atoms with Gasteiger partial charge >= 0.3 is 0 Å². The highest BCUT2D eigenvalue weighted by Crippen LogP contribution is 2.30. The number of nitrogens with one attached hydrogen (secondary N) is 1. The van der Waals surface area contributed by atoms with Crippen molar-refractivity contribution in [2.24, 2.45) is 0 Å². The van der Waals surface area contributed by atoms with Crippen LogP contribution in [0.3, 0.4) is 0 Å². The fraction of sp³-hybridized carbons (Fsp3) is 0.429. The predicted octanol–water partition coefficient (Wildman–Crippen LogP) is 2.34. The van der Waals surface area contributed by atoms with E-state index in [0.717, 1.165) is 17.4 Å². The van der Waals surface area contributed by atoms with Crippen molar-refractivity contribution in [3.8, 4) is 5.75 Å². The molecule has 11 heteroatoms. The second kappa shape index (κ2) is 10.3. The van der Waals surface area contributed by atoms with E-state index in [1.165, 1.54) is 16.4 Å². The fourth-order valence-corrected chi connectivity index (χ4v) is 4.97. The first-order valence-corrected chi connectivity index (χ1v) is 11.6. The van der Waals surface area contributed by atoms with Gasteiger partial charge in [0, 0.05) is 25.7 Å². The lowest BCUT2D eigenvalue weighted by Crippen LogP contribution is -2.40. The van der Waals surface area contributed by atoms with Crippen LogP contribution in [0.25, 0.3) is 0 Å². The molecule has 1 N–H and O–H groups in total. The van der Waals surface area contributed by atoms with Gasteiger partial charge in [-0.25, -0.2) is 8.42 Å². The first-order valence-electron chi connectivity index (χ1n) is 10.1. The fourth-order valence-electron chi connectivity index (χ4n) is 3.54. The van der Waals surface area contributed by atoms with Gasteiger partial charge in [-0.1, -0.05) is 12.1 Å². The molecule has 1 atom stereocenters. The Hall–Kier alpha value is -2.73. The van der Waals surface area contributed by atoms with Crippen LogP contribution in [-0.2, 0) is 14.8 Å². The molecule has 1 aliphatic rings. The molecule has 0 radical (unpaired) electrons. The van der Waals surface area contributed by atoms with Crippen molar-refractivity contribution in [3.05, 3.63) is 58.1 Å². The molecule has 3 rings (SSSR count). The second-order valence-corrected chi connectivity index (χ2v) is 9.52. The first-order chi connectivity index (χ1) is 15.2. The number of methoxy groups -OCH3 is 1. The molecule has 174 valence electrons. The lowest BCUT2D eigenvalue weighted by Gasteiger charge is -2.26. The summed E-state index contributed by atoms with van der Waals surface area (Å²) < 4.78 is 37.4. The largest absolute Gasteiger partial charge is 0.497 e. The Morgan fingerprint density at radius 1 is 1.19 bits per heavy atom. The van der Waals surface area contributed by atoms with Gasteiger partial charge in [0.15, 0.2) is 0 Å². The number of rotatable bonds is 9. The number of hydrogen-bond acceptors (Lipinski definition) is 8. The molecule has 10 nitrogen and oxygen atoms in total. The van der Waals surface area contributed by atoms with Gasteiger partial charge in [0.2, 0.25) is 10.0 Å². The van der Waals surface area contributed by atoms with E-state index in [1.54, 1.807) is 7.11 Å². The van der Waals surface area contributed by atoms with Gasteiger partial charge in [-0.3, -0.25) is 10.1 Å². The minimum Gasteiger partial charge on any atom is -0.497 e. The summed E-state index contributed by atoms with van der Waals surface area (Å²) in [5.74, 6) is 0.743. The number of nitro benzene ring substituents is 1. The number of benzene rings is 2. The summed E-state index contributed by atoms with van der Waals surface area (Å²) >= 11 is 0. The maximum Gasteiger partial charge on any atom is 0.293 e. The summed E-state index contributed by atoms with van der Waals surface area (Å²) in [5.41, 5.74) is 0.986. The second-order valence-electron chi connectivity index (χ2n) is 7.59. The van der Waals surface area contributed by atoms with E-state index < -0.39 is 14.9 Å². The van der Waals surface area contributed by atoms with Gasteiger partial charge < -0.3 is 19.7 Å². The Morgan fingerprint density at radius 3 is 2.41 bits per heavy atom. The number of likely N-dealkylation sites (N-methyl/N-ethyl adjacent to an activating group) is 1. The van der Waals surface area contributed by atoms with E-state index in [2.05, 4.69) is 5.32 Å². The van der Waals surface area contributed by atoms with Crippen molar-refractivity contribution in [1.29, 1.82) is 0 Å². The van der Waals surface area contributed by atoms with Crippen molar-refractivity contribution in [2.45, 2.75) is 10.9 Å². The Bertz CT molecular complexity index is 1040. The highest BCUT2D eigenvalue weighted by molar-refractivity contribution is 7.89. The lowest BCUT2D eigenvalue weighted by molar-refractivity contribution is -0.384. The summed E-state index contributed by atoms with van der Waals surface area (Å²) in [4.78, 5) is 13.0. The van der Waals surface area contributed by atoms with Crippen molar-refractivity contribution < 1.29 is 22.8 Å². The average Bonchev–Trinajstić information content (AvgIpc) is 2.80. The number of nitro groups is 1. The standard InChI is InChI=1S/C21H28N4O6S/c1-23(2)21(16-4-6-17(30-3)7-5-16)15-22-19-9-8-18(14-20(19)25(26)27)32(28,29)24-10-12-31-13-11-24/h4-9,14,21-22H,10-13,15H2,1-3H3. The van der Waals surface area contributed by atoms with Gasteiger partial charge in [-0.05, 0) is 43.9 Å². The lowest BCUT2D eigenvalue weighted by atomic mass is 10.1. The molecule has 1 saturated heterocycles. The Labute approximate surface area is 187 Å². The van der Waals surface area contributed by atoms with Gasteiger partial charge in [0.25, 0.3) is 5.69 Å². The van der Waals surface area contributed by atoms with Crippen LogP contribution in [0, 0.1) is 10.1 Å². The van der Waals surface area contributed by atoms with Crippen LogP contribution in [0.15, 0.2) is 47.4 Å². The van der Waals surface area contributed by atoms with Crippen LogP contribution in [0.5, 0.6) is 5.75 Å². The van der Waals surface area contributed by atoms with E-state index in [1.807, 2.05) is 43.3 Å². The van der Waals surface area contributed by atoms with Crippen molar-refractivity contribution in [2.75, 3.05) is 59.4 Å². The Balaban J connectivity index is 1.83. The molecule has 1 fully saturated rings. The van der Waals surface area contributed by atoms with E-state index in [9.17, 15) is 18.5 Å². The van der Waals surface area contributed by atoms with E-state index in [0.29, 0.717) is 19.8 Å². The maximum atomic E-state index is 12.9. The van der Waals surface area contributed by atoms with E-state index >= 15 is 0 Å². The van der Waals surface area contributed by atoms with Crippen LogP contribution in [0.2, 0.25) is 0 Å². The smallest absolute Gasteiger partial charge is 0.293 e. The number of sulfonamides is 1. The number of anilines is 1. The molecular weight excluding hydrogens is 436 g/mol. The van der Waals surface area contributed by atoms with Crippen LogP contribution in [-0.4, -0.2) is 76.6 Å². The molecular formula is C21H28N4O6S. The monoisotopic (exact) mass is 464 g/mol. The third-order valence-electron chi connectivity index (χ3n) is 5.38. The van der Waals surface area contributed by atoms with Gasteiger partial charge in [-0.15, -0.1) is 0 Å². The van der Waals surface area contributed by atoms with Gasteiger partial charge in [0.05, 0.1) is 36.2 Å². The maximum absolute atomic E-state index is 12.9. The minimum atomic E-state index is -3.83. The van der Waals surface area contributed by atoms with Crippen molar-refractivity contribution >= 4 is 21.4 Å². The molecule has 32 heavy (non-hydrogen) atoms. The molecule has 0 saturated carbocycles. The zero-order valence-corrected chi connectivity index (χ0v) is 19.2. The first kappa shape index (κ1) is 23.9. The van der Waals surface area contributed by atoms with Crippen LogP contribution in [0.1, 0.15) is 11.6 Å². The van der Waals surface area contributed by atoms with E-state index in [4.69, 9.17) is 9.47 Å². The molecule has 2 aromatic rings. The minimum absolute atomic E-state index is 0.0720. The average molecular weight is 465 g/mol. The Kier molecular flexibility index (Phi) is 7.67. The zero-order valence-electron chi connectivity index (χ0n) is 18.4. The highest BCUT2D eigenvalue weighted by Gasteiger charge is 2.29. The molecule has 0 spiro atoms. The third kappa shape index (κ3) is 5.36. The summed E-state index contributed by atoms with van der Waals surface area (Å²) in [7, 11) is 1.61. The van der Waals surface area contributed by atoms with Crippen LogP contribution >= 0.6 is 0 Å². The van der Waals surface area contributed by atoms with Gasteiger partial charge in [0.1, 0.15) is 11.4 Å². The summed E-state index contributed by atoms with van der Waals surface area (Å²) in [5, 5.41) is 14.8. The molecule has 2 aromatic carbocycles. The molecule has 1 aliphatic heterocycles. The number of hydrogen-bond donors (Lipinski definition) is 1. The summed E-state index contributed by atoms with van der Waals surface area (Å²) in [6, 6.07) is 11.5. The Morgan fingerprint density at radius 2 is 1.84 bits per heavy atom. The molecule has 0 aliphatic carbocycles. The summed E-state index contributed by atoms with van der Waals surface area (Å²) in [6.45, 7) is 1.44. The molecule has 0 bridgehead atoms. The topological polar surface area (TPSA) is 114 Å². The molecule has 1 heterocycles. The number of morpholine rings is 1. The molecule has 1 unspecified atom stereocenters. The highest BCUT2D eigenvalue weighted by atomic mass is 32.2. The molecule has 0 amide bonds. The predicted molar refractivity (Wildman–Crippen MR) is 121 cm³/mol. The van der Waals surface area contributed by atoms with Crippen LogP contribution in [0.4, 0.5) is 11.4 Å². The molecule has 0 aromatic heterocycles. The van der Waals surface area contributed by atoms with Crippen molar-refractivity contribution in [1.82, 2.24) is 9.21 Å². The number of nitrogens with zero attached hydrogens (tertiary/aromatic N) is 3. The van der Waals surface area contributed by atoms with Gasteiger partial charge in [-0.2, -0.15) is 4.31 Å². The summed E-state index contributed by atoms with van der Waals surface area (Å²) in [6.07, 6.45) is 0. The van der Waals surface area contributed by atoms with Crippen LogP contribution < -0.4 is 10.1 Å². The number of ether oxygens (including phenoxy) is 2. The normalized spacial score (nSPS) is 16.0. The third-order valence-corrected chi connectivity index (χ3v) is 7.28. The van der Waals surface area contributed by atoms with E-state index in [-0.39, 0.29) is 35.4 Å². The SMILES string of the molecule is COc1ccc(C(CNc2ccc(S(=O)(=O)N3CCOCC3)cc2[N+](=O)[O-])N(C)C)cc1. The quantitative estimate of drug-likeness (QED) is 0.444. The van der Waals surface area contributed by atoms with Crippen molar-refractivity contribution in [3.63, 3.8) is 0 Å². The zero-order chi connectivity index (χ0) is 23.3.